The van der Waals surface area contributed by atoms with Crippen molar-refractivity contribution in [2.45, 2.75) is 24.8 Å². The second-order valence-corrected chi connectivity index (χ2v) is 3.69. The Labute approximate surface area is 79.0 Å². The molecule has 0 heterocycles. The highest BCUT2D eigenvalue weighted by Gasteiger charge is 2.33. The molecule has 0 radical (unpaired) electrons. The summed E-state index contributed by atoms with van der Waals surface area (Å²) in [7, 11) is 0. The Hall–Kier alpha value is -1.26. The number of aryl methyl sites for hydroxylation is 1. The highest BCUT2D eigenvalue weighted by molar-refractivity contribution is 5.39. The Morgan fingerprint density at radius 2 is 2.23 bits per heavy atom. The molecule has 0 saturated carbocycles. The molecule has 13 heavy (non-hydrogen) atoms. The summed E-state index contributed by atoms with van der Waals surface area (Å²) >= 11 is 0. The van der Waals surface area contributed by atoms with Crippen molar-refractivity contribution < 1.29 is 0 Å². The van der Waals surface area contributed by atoms with Crippen molar-refractivity contribution in [1.82, 2.24) is 0 Å². The monoisotopic (exact) mass is 171 g/mol. The second-order valence-electron chi connectivity index (χ2n) is 3.69. The van der Waals surface area contributed by atoms with Gasteiger partial charge < -0.3 is 5.73 Å². The lowest BCUT2D eigenvalue weighted by Gasteiger charge is -2.22. The third-order valence-electron chi connectivity index (χ3n) is 2.81. The molecular formula is C12H13N. The zero-order valence-electron chi connectivity index (χ0n) is 7.59. The SMILES string of the molecule is C#CC[C@@]1(N)CCc2ccccc21. The Morgan fingerprint density at radius 3 is 3.00 bits per heavy atom. The Kier molecular flexibility index (Phi) is 1.86. The van der Waals surface area contributed by atoms with Gasteiger partial charge >= 0.3 is 0 Å². The van der Waals surface area contributed by atoms with Gasteiger partial charge in [-0.15, -0.1) is 12.3 Å². The van der Waals surface area contributed by atoms with Crippen molar-refractivity contribution in [1.29, 1.82) is 0 Å². The van der Waals surface area contributed by atoms with Crippen LogP contribution in [0.2, 0.25) is 0 Å². The lowest BCUT2D eigenvalue weighted by molar-refractivity contribution is 0.454. The average molecular weight is 171 g/mol. The average Bonchev–Trinajstić information content (AvgIpc) is 2.46. The van der Waals surface area contributed by atoms with E-state index in [0.29, 0.717) is 6.42 Å². The maximum absolute atomic E-state index is 6.24. The molecule has 1 aromatic rings. The summed E-state index contributed by atoms with van der Waals surface area (Å²) in [4.78, 5) is 0. The van der Waals surface area contributed by atoms with Crippen molar-refractivity contribution >= 4 is 0 Å². The topological polar surface area (TPSA) is 26.0 Å². The molecule has 0 spiro atoms. The van der Waals surface area contributed by atoms with E-state index in [1.165, 1.54) is 11.1 Å². The fourth-order valence-electron chi connectivity index (χ4n) is 2.08. The second kappa shape index (κ2) is 2.90. The van der Waals surface area contributed by atoms with Crippen LogP contribution in [0.1, 0.15) is 24.0 Å². The molecule has 1 heteroatoms. The first-order valence-corrected chi connectivity index (χ1v) is 4.57. The van der Waals surface area contributed by atoms with E-state index < -0.39 is 0 Å². The van der Waals surface area contributed by atoms with E-state index in [1.54, 1.807) is 0 Å². The summed E-state index contributed by atoms with van der Waals surface area (Å²) in [5.41, 5.74) is 8.58. The van der Waals surface area contributed by atoms with Crippen LogP contribution in [0.4, 0.5) is 0 Å². The van der Waals surface area contributed by atoms with Crippen molar-refractivity contribution in [2.24, 2.45) is 5.73 Å². The van der Waals surface area contributed by atoms with E-state index in [-0.39, 0.29) is 5.54 Å². The Bertz CT molecular complexity index is 362. The largest absolute Gasteiger partial charge is 0.321 e. The van der Waals surface area contributed by atoms with Crippen molar-refractivity contribution in [2.75, 3.05) is 0 Å². The first-order valence-electron chi connectivity index (χ1n) is 4.57. The van der Waals surface area contributed by atoms with Gasteiger partial charge in [0.25, 0.3) is 0 Å². The molecule has 1 aliphatic rings. The van der Waals surface area contributed by atoms with E-state index in [9.17, 15) is 0 Å². The lowest BCUT2D eigenvalue weighted by Crippen LogP contribution is -2.33. The number of nitrogens with two attached hydrogens (primary N) is 1. The number of benzene rings is 1. The van der Waals surface area contributed by atoms with Gasteiger partial charge in [-0.3, -0.25) is 0 Å². The molecule has 0 fully saturated rings. The third kappa shape index (κ3) is 1.24. The number of hydrogen-bond donors (Lipinski definition) is 1. The van der Waals surface area contributed by atoms with Crippen LogP contribution in [0.3, 0.4) is 0 Å². The van der Waals surface area contributed by atoms with E-state index in [0.717, 1.165) is 12.8 Å². The fourth-order valence-corrected chi connectivity index (χ4v) is 2.08. The van der Waals surface area contributed by atoms with Gasteiger partial charge in [-0.1, -0.05) is 24.3 Å². The molecule has 0 saturated heterocycles. The van der Waals surface area contributed by atoms with Crippen LogP contribution in [0.15, 0.2) is 24.3 Å². The van der Waals surface area contributed by atoms with Crippen LogP contribution < -0.4 is 5.73 Å². The van der Waals surface area contributed by atoms with Gasteiger partial charge in [0.1, 0.15) is 0 Å². The minimum Gasteiger partial charge on any atom is -0.321 e. The van der Waals surface area contributed by atoms with Crippen molar-refractivity contribution in [3.63, 3.8) is 0 Å². The summed E-state index contributed by atoms with van der Waals surface area (Å²) in [5, 5.41) is 0. The van der Waals surface area contributed by atoms with Gasteiger partial charge in [0.15, 0.2) is 0 Å². The lowest BCUT2D eigenvalue weighted by atomic mass is 9.90. The number of rotatable bonds is 1. The highest BCUT2D eigenvalue weighted by Crippen LogP contribution is 2.36. The molecule has 2 N–H and O–H groups in total. The Morgan fingerprint density at radius 1 is 1.46 bits per heavy atom. The highest BCUT2D eigenvalue weighted by atomic mass is 14.8. The van der Waals surface area contributed by atoms with Crippen LogP contribution >= 0.6 is 0 Å². The molecule has 0 aromatic heterocycles. The quantitative estimate of drug-likeness (QED) is 0.641. The Balaban J connectivity index is 2.44. The van der Waals surface area contributed by atoms with Crippen LogP contribution in [-0.2, 0) is 12.0 Å². The predicted octanol–water partition coefficient (Wildman–Crippen LogP) is 1.81. The summed E-state index contributed by atoms with van der Waals surface area (Å²) in [6.45, 7) is 0. The summed E-state index contributed by atoms with van der Waals surface area (Å²) in [6.07, 6.45) is 8.01. The standard InChI is InChI=1S/C12H13N/c1-2-8-12(13)9-7-10-5-3-4-6-11(10)12/h1,3-6H,7-9,13H2/t12-/m1/s1. The number of terminal acetylenes is 1. The normalized spacial score (nSPS) is 25.2. The molecule has 1 aliphatic carbocycles. The zero-order valence-corrected chi connectivity index (χ0v) is 7.59. The molecule has 0 unspecified atom stereocenters. The minimum atomic E-state index is -0.259. The molecule has 1 atom stereocenters. The molecule has 0 amide bonds. The molecular weight excluding hydrogens is 158 g/mol. The molecule has 0 aliphatic heterocycles. The van der Waals surface area contributed by atoms with Crippen LogP contribution in [0, 0.1) is 12.3 Å². The van der Waals surface area contributed by atoms with Gasteiger partial charge in [0.2, 0.25) is 0 Å². The van der Waals surface area contributed by atoms with Gasteiger partial charge in [-0.2, -0.15) is 0 Å². The molecule has 0 bridgehead atoms. The first kappa shape index (κ1) is 8.34. The molecule has 2 rings (SSSR count). The summed E-state index contributed by atoms with van der Waals surface area (Å²) < 4.78 is 0. The zero-order chi connectivity index (χ0) is 9.31. The molecule has 66 valence electrons. The van der Waals surface area contributed by atoms with Crippen LogP contribution in [0.5, 0.6) is 0 Å². The van der Waals surface area contributed by atoms with E-state index in [2.05, 4.69) is 24.1 Å². The maximum Gasteiger partial charge on any atom is 0.0526 e. The van der Waals surface area contributed by atoms with E-state index in [1.807, 2.05) is 6.07 Å². The summed E-state index contributed by atoms with van der Waals surface area (Å²) in [6, 6.07) is 8.32. The fraction of sp³-hybridized carbons (Fsp3) is 0.333. The maximum atomic E-state index is 6.24. The molecule has 1 nitrogen and oxygen atoms in total. The van der Waals surface area contributed by atoms with Gasteiger partial charge in [0.05, 0.1) is 5.54 Å². The third-order valence-corrected chi connectivity index (χ3v) is 2.81. The van der Waals surface area contributed by atoms with Crippen molar-refractivity contribution in [3.05, 3.63) is 35.4 Å². The van der Waals surface area contributed by atoms with Gasteiger partial charge in [0, 0.05) is 6.42 Å². The van der Waals surface area contributed by atoms with Crippen LogP contribution in [-0.4, -0.2) is 0 Å². The molecule has 1 aromatic carbocycles. The smallest absolute Gasteiger partial charge is 0.0526 e. The van der Waals surface area contributed by atoms with Crippen LogP contribution in [0.25, 0.3) is 0 Å². The van der Waals surface area contributed by atoms with E-state index in [4.69, 9.17) is 12.2 Å². The summed E-state index contributed by atoms with van der Waals surface area (Å²) in [5.74, 6) is 2.67. The number of hydrogen-bond acceptors (Lipinski definition) is 1. The first-order chi connectivity index (χ1) is 6.26. The van der Waals surface area contributed by atoms with E-state index >= 15 is 0 Å². The predicted molar refractivity (Wildman–Crippen MR) is 54.1 cm³/mol. The van der Waals surface area contributed by atoms with Crippen molar-refractivity contribution in [3.8, 4) is 12.3 Å². The minimum absolute atomic E-state index is 0.259. The number of fused-ring (bicyclic) bond motifs is 1. The van der Waals surface area contributed by atoms with Gasteiger partial charge in [-0.25, -0.2) is 0 Å². The van der Waals surface area contributed by atoms with Gasteiger partial charge in [-0.05, 0) is 24.0 Å².